The van der Waals surface area contributed by atoms with Crippen molar-refractivity contribution in [2.75, 3.05) is 13.7 Å². The van der Waals surface area contributed by atoms with Crippen molar-refractivity contribution in [2.24, 2.45) is 0 Å². The first kappa shape index (κ1) is 14.6. The summed E-state index contributed by atoms with van der Waals surface area (Å²) in [5.74, 6) is 0.838. The first-order valence-electron chi connectivity index (χ1n) is 6.68. The summed E-state index contributed by atoms with van der Waals surface area (Å²) in [6.07, 6.45) is 0.0840. The molecule has 0 aliphatic carbocycles. The van der Waals surface area contributed by atoms with Crippen LogP contribution in [0.2, 0.25) is 0 Å². The van der Waals surface area contributed by atoms with Gasteiger partial charge in [-0.3, -0.25) is 0 Å². The molecule has 106 valence electrons. The molecule has 0 saturated carbocycles. The zero-order valence-electron chi connectivity index (χ0n) is 11.9. The van der Waals surface area contributed by atoms with Gasteiger partial charge in [0, 0.05) is 7.11 Å². The zero-order chi connectivity index (χ0) is 14.4. The molecule has 1 N–H and O–H groups in total. The molecule has 3 heteroatoms. The van der Waals surface area contributed by atoms with Crippen LogP contribution in [-0.4, -0.2) is 24.9 Å². The molecule has 0 aromatic heterocycles. The summed E-state index contributed by atoms with van der Waals surface area (Å²) in [4.78, 5) is 0. The van der Waals surface area contributed by atoms with Gasteiger partial charge in [-0.1, -0.05) is 36.4 Å². The highest BCUT2D eigenvalue weighted by Crippen LogP contribution is 2.23. The Morgan fingerprint density at radius 2 is 1.50 bits per heavy atom. The predicted molar refractivity (Wildman–Crippen MR) is 79.8 cm³/mol. The number of benzene rings is 2. The third-order valence-corrected chi connectivity index (χ3v) is 3.21. The Morgan fingerprint density at radius 1 is 0.950 bits per heavy atom. The molecular formula is C17H20O3. The maximum absolute atomic E-state index is 9.03. The van der Waals surface area contributed by atoms with Crippen molar-refractivity contribution in [3.05, 3.63) is 54.1 Å². The number of aliphatic hydroxyl groups excluding tert-OH is 1. The van der Waals surface area contributed by atoms with Gasteiger partial charge in [-0.15, -0.1) is 0 Å². The van der Waals surface area contributed by atoms with Gasteiger partial charge in [0.2, 0.25) is 0 Å². The van der Waals surface area contributed by atoms with Gasteiger partial charge < -0.3 is 14.6 Å². The molecule has 0 saturated heterocycles. The van der Waals surface area contributed by atoms with E-state index < -0.39 is 0 Å². The lowest BCUT2D eigenvalue weighted by Gasteiger charge is -2.11. The second-order valence-corrected chi connectivity index (χ2v) is 4.74. The quantitative estimate of drug-likeness (QED) is 0.877. The van der Waals surface area contributed by atoms with Crippen LogP contribution in [0.4, 0.5) is 0 Å². The Bertz CT molecular complexity index is 517. The number of hydrogen-bond acceptors (Lipinski definition) is 3. The Labute approximate surface area is 119 Å². The molecule has 0 radical (unpaired) electrons. The molecule has 2 aromatic rings. The van der Waals surface area contributed by atoms with Crippen molar-refractivity contribution in [2.45, 2.75) is 19.6 Å². The minimum atomic E-state index is 0.0741. The number of ether oxygens (including phenoxy) is 2. The highest BCUT2D eigenvalue weighted by atomic mass is 16.5. The lowest BCUT2D eigenvalue weighted by atomic mass is 10.0. The van der Waals surface area contributed by atoms with E-state index in [1.165, 1.54) is 0 Å². The Morgan fingerprint density at radius 3 is 2.00 bits per heavy atom. The Kier molecular flexibility index (Phi) is 5.16. The maximum atomic E-state index is 9.03. The van der Waals surface area contributed by atoms with Crippen molar-refractivity contribution in [1.82, 2.24) is 0 Å². The second kappa shape index (κ2) is 7.08. The molecule has 0 aliphatic heterocycles. The monoisotopic (exact) mass is 272 g/mol. The largest absolute Gasteiger partial charge is 0.491 e. The summed E-state index contributed by atoms with van der Waals surface area (Å²) >= 11 is 0. The SMILES string of the molecule is COC(C)COc1ccc(-c2ccc(CO)cc2)cc1. The third kappa shape index (κ3) is 3.83. The van der Waals surface area contributed by atoms with Crippen LogP contribution in [0.15, 0.2) is 48.5 Å². The van der Waals surface area contributed by atoms with Gasteiger partial charge in [-0.2, -0.15) is 0 Å². The van der Waals surface area contributed by atoms with Crippen molar-refractivity contribution in [1.29, 1.82) is 0 Å². The Hall–Kier alpha value is -1.84. The van der Waals surface area contributed by atoms with E-state index in [1.54, 1.807) is 7.11 Å². The highest BCUT2D eigenvalue weighted by Gasteiger charge is 2.02. The number of methoxy groups -OCH3 is 1. The standard InChI is InChI=1S/C17H20O3/c1-13(19-2)12-20-17-9-7-16(8-10-17)15-5-3-14(11-18)4-6-15/h3-10,13,18H,11-12H2,1-2H3. The predicted octanol–water partition coefficient (Wildman–Crippen LogP) is 3.26. The van der Waals surface area contributed by atoms with Crippen LogP contribution in [0.5, 0.6) is 5.75 Å². The van der Waals surface area contributed by atoms with E-state index >= 15 is 0 Å². The normalized spacial score (nSPS) is 12.2. The molecular weight excluding hydrogens is 252 g/mol. The van der Waals surface area contributed by atoms with E-state index in [-0.39, 0.29) is 12.7 Å². The van der Waals surface area contributed by atoms with E-state index in [4.69, 9.17) is 14.6 Å². The summed E-state index contributed by atoms with van der Waals surface area (Å²) in [6, 6.07) is 15.8. The smallest absolute Gasteiger partial charge is 0.119 e. The molecule has 1 atom stereocenters. The molecule has 1 unspecified atom stereocenters. The number of rotatable bonds is 6. The fraction of sp³-hybridized carbons (Fsp3) is 0.294. The van der Waals surface area contributed by atoms with Gasteiger partial charge >= 0.3 is 0 Å². The van der Waals surface area contributed by atoms with E-state index in [0.717, 1.165) is 22.4 Å². The topological polar surface area (TPSA) is 38.7 Å². The maximum Gasteiger partial charge on any atom is 0.119 e. The van der Waals surface area contributed by atoms with E-state index in [0.29, 0.717) is 6.61 Å². The minimum Gasteiger partial charge on any atom is -0.491 e. The first-order valence-corrected chi connectivity index (χ1v) is 6.68. The van der Waals surface area contributed by atoms with Gasteiger partial charge in [-0.05, 0) is 35.7 Å². The molecule has 20 heavy (non-hydrogen) atoms. The van der Waals surface area contributed by atoms with Crippen molar-refractivity contribution >= 4 is 0 Å². The van der Waals surface area contributed by atoms with Crippen LogP contribution in [0.25, 0.3) is 11.1 Å². The fourth-order valence-electron chi connectivity index (χ4n) is 1.83. The Balaban J connectivity index is 2.03. The van der Waals surface area contributed by atoms with Crippen LogP contribution in [0.1, 0.15) is 12.5 Å². The van der Waals surface area contributed by atoms with Gasteiger partial charge in [0.05, 0.1) is 12.7 Å². The van der Waals surface area contributed by atoms with Crippen molar-refractivity contribution < 1.29 is 14.6 Å². The van der Waals surface area contributed by atoms with Crippen LogP contribution in [-0.2, 0) is 11.3 Å². The van der Waals surface area contributed by atoms with E-state index in [9.17, 15) is 0 Å². The summed E-state index contributed by atoms with van der Waals surface area (Å²) in [5.41, 5.74) is 3.17. The van der Waals surface area contributed by atoms with Crippen LogP contribution in [0, 0.1) is 0 Å². The summed E-state index contributed by atoms with van der Waals surface area (Å²) in [7, 11) is 1.67. The first-order chi connectivity index (χ1) is 9.72. The lowest BCUT2D eigenvalue weighted by molar-refractivity contribution is 0.0717. The summed E-state index contributed by atoms with van der Waals surface area (Å²) in [6.45, 7) is 2.59. The van der Waals surface area contributed by atoms with Gasteiger partial charge in [0.25, 0.3) is 0 Å². The van der Waals surface area contributed by atoms with E-state index in [1.807, 2.05) is 55.5 Å². The number of hydrogen-bond donors (Lipinski definition) is 1. The van der Waals surface area contributed by atoms with Crippen LogP contribution >= 0.6 is 0 Å². The molecule has 0 aliphatic rings. The zero-order valence-corrected chi connectivity index (χ0v) is 11.9. The van der Waals surface area contributed by atoms with Crippen LogP contribution < -0.4 is 4.74 Å². The van der Waals surface area contributed by atoms with Gasteiger partial charge in [-0.25, -0.2) is 0 Å². The van der Waals surface area contributed by atoms with E-state index in [2.05, 4.69) is 0 Å². The van der Waals surface area contributed by atoms with Crippen molar-refractivity contribution in [3.63, 3.8) is 0 Å². The van der Waals surface area contributed by atoms with Crippen LogP contribution in [0.3, 0.4) is 0 Å². The molecule has 0 amide bonds. The molecule has 0 fully saturated rings. The fourth-order valence-corrected chi connectivity index (χ4v) is 1.83. The lowest BCUT2D eigenvalue weighted by Crippen LogP contribution is -2.15. The molecule has 2 rings (SSSR count). The molecule has 0 heterocycles. The number of aliphatic hydroxyl groups is 1. The van der Waals surface area contributed by atoms with Gasteiger partial charge in [0.15, 0.2) is 0 Å². The third-order valence-electron chi connectivity index (χ3n) is 3.21. The second-order valence-electron chi connectivity index (χ2n) is 4.74. The highest BCUT2D eigenvalue weighted by molar-refractivity contribution is 5.64. The molecule has 0 bridgehead atoms. The molecule has 2 aromatic carbocycles. The average Bonchev–Trinajstić information content (AvgIpc) is 2.53. The molecule has 3 nitrogen and oxygen atoms in total. The average molecular weight is 272 g/mol. The summed E-state index contributed by atoms with van der Waals surface area (Å²) in [5, 5.41) is 9.03. The minimum absolute atomic E-state index is 0.0741. The summed E-state index contributed by atoms with van der Waals surface area (Å²) < 4.78 is 10.8. The molecule has 0 spiro atoms. The van der Waals surface area contributed by atoms with Crippen molar-refractivity contribution in [3.8, 4) is 16.9 Å². The van der Waals surface area contributed by atoms with Gasteiger partial charge in [0.1, 0.15) is 12.4 Å².